The van der Waals surface area contributed by atoms with Gasteiger partial charge in [0.05, 0.1) is 0 Å². The summed E-state index contributed by atoms with van der Waals surface area (Å²) in [5, 5.41) is 3.18. The van der Waals surface area contributed by atoms with Crippen molar-refractivity contribution < 1.29 is 9.13 Å². The number of aryl methyl sites for hydroxylation is 1. The van der Waals surface area contributed by atoms with E-state index >= 15 is 0 Å². The first-order chi connectivity index (χ1) is 6.29. The van der Waals surface area contributed by atoms with Crippen LogP contribution >= 0.6 is 0 Å². The zero-order valence-corrected chi connectivity index (χ0v) is 7.56. The van der Waals surface area contributed by atoms with E-state index < -0.39 is 0 Å². The highest BCUT2D eigenvalue weighted by atomic mass is 19.1. The third-order valence-electron chi connectivity index (χ3n) is 2.27. The molecule has 0 aliphatic carbocycles. The molecule has 1 aliphatic heterocycles. The molecule has 0 spiro atoms. The SMILES string of the molecule is Cc1ccc(F)c2c1CNCCO2. The summed E-state index contributed by atoms with van der Waals surface area (Å²) in [6.45, 7) is 3.97. The Kier molecular flexibility index (Phi) is 2.19. The zero-order valence-electron chi connectivity index (χ0n) is 7.56. The second-order valence-corrected chi connectivity index (χ2v) is 3.20. The minimum atomic E-state index is -0.260. The number of hydrogen-bond acceptors (Lipinski definition) is 2. The molecule has 13 heavy (non-hydrogen) atoms. The van der Waals surface area contributed by atoms with Crippen LogP contribution in [0, 0.1) is 12.7 Å². The van der Waals surface area contributed by atoms with E-state index in [1.165, 1.54) is 6.07 Å². The van der Waals surface area contributed by atoms with Crippen molar-refractivity contribution in [3.63, 3.8) is 0 Å². The fourth-order valence-corrected chi connectivity index (χ4v) is 1.51. The maximum Gasteiger partial charge on any atom is 0.165 e. The molecular formula is C10H12FNO. The molecule has 2 nitrogen and oxygen atoms in total. The van der Waals surface area contributed by atoms with Crippen molar-refractivity contribution in [2.24, 2.45) is 0 Å². The Hall–Kier alpha value is -1.09. The zero-order chi connectivity index (χ0) is 9.26. The third kappa shape index (κ3) is 1.52. The molecule has 0 unspecified atom stereocenters. The molecule has 0 fully saturated rings. The second-order valence-electron chi connectivity index (χ2n) is 3.20. The molecule has 1 aliphatic rings. The lowest BCUT2D eigenvalue weighted by atomic mass is 10.1. The number of nitrogens with one attached hydrogen (secondary N) is 1. The van der Waals surface area contributed by atoms with E-state index in [-0.39, 0.29) is 5.82 Å². The molecule has 0 amide bonds. The molecule has 0 radical (unpaired) electrons. The van der Waals surface area contributed by atoms with Crippen molar-refractivity contribution >= 4 is 0 Å². The maximum absolute atomic E-state index is 13.3. The van der Waals surface area contributed by atoms with Gasteiger partial charge in [-0.1, -0.05) is 6.07 Å². The summed E-state index contributed by atoms with van der Waals surface area (Å²) >= 11 is 0. The number of benzene rings is 1. The summed E-state index contributed by atoms with van der Waals surface area (Å²) in [5.41, 5.74) is 2.02. The molecule has 0 atom stereocenters. The normalized spacial score (nSPS) is 15.8. The highest BCUT2D eigenvalue weighted by Crippen LogP contribution is 2.26. The topological polar surface area (TPSA) is 21.3 Å². The second kappa shape index (κ2) is 3.34. The van der Waals surface area contributed by atoms with E-state index in [4.69, 9.17) is 4.74 Å². The van der Waals surface area contributed by atoms with Gasteiger partial charge in [-0.15, -0.1) is 0 Å². The van der Waals surface area contributed by atoms with Crippen molar-refractivity contribution in [3.8, 4) is 5.75 Å². The Labute approximate surface area is 76.7 Å². The van der Waals surface area contributed by atoms with Crippen LogP contribution in [-0.4, -0.2) is 13.2 Å². The van der Waals surface area contributed by atoms with Crippen LogP contribution in [0.3, 0.4) is 0 Å². The maximum atomic E-state index is 13.3. The molecule has 0 aromatic heterocycles. The number of fused-ring (bicyclic) bond motifs is 1. The molecule has 1 N–H and O–H groups in total. The largest absolute Gasteiger partial charge is 0.489 e. The minimum Gasteiger partial charge on any atom is -0.489 e. The van der Waals surface area contributed by atoms with Gasteiger partial charge < -0.3 is 10.1 Å². The Balaban J connectivity index is 2.50. The van der Waals surface area contributed by atoms with Crippen LogP contribution in [0.2, 0.25) is 0 Å². The van der Waals surface area contributed by atoms with E-state index in [1.807, 2.05) is 6.92 Å². The van der Waals surface area contributed by atoms with Crippen molar-refractivity contribution in [1.29, 1.82) is 0 Å². The summed E-state index contributed by atoms with van der Waals surface area (Å²) < 4.78 is 18.6. The van der Waals surface area contributed by atoms with Gasteiger partial charge in [-0.25, -0.2) is 4.39 Å². The fourth-order valence-electron chi connectivity index (χ4n) is 1.51. The predicted octanol–water partition coefficient (Wildman–Crippen LogP) is 1.62. The van der Waals surface area contributed by atoms with Crippen LogP contribution < -0.4 is 10.1 Å². The van der Waals surface area contributed by atoms with Crippen LogP contribution in [0.25, 0.3) is 0 Å². The molecule has 0 saturated carbocycles. The summed E-state index contributed by atoms with van der Waals surface area (Å²) in [7, 11) is 0. The first kappa shape index (κ1) is 8.51. The van der Waals surface area contributed by atoms with E-state index in [2.05, 4.69) is 5.32 Å². The number of halogens is 1. The van der Waals surface area contributed by atoms with Crippen molar-refractivity contribution in [1.82, 2.24) is 5.32 Å². The fraction of sp³-hybridized carbons (Fsp3) is 0.400. The predicted molar refractivity (Wildman–Crippen MR) is 48.3 cm³/mol. The van der Waals surface area contributed by atoms with Crippen molar-refractivity contribution in [2.45, 2.75) is 13.5 Å². The van der Waals surface area contributed by atoms with Crippen LogP contribution in [-0.2, 0) is 6.54 Å². The van der Waals surface area contributed by atoms with Gasteiger partial charge in [0.25, 0.3) is 0 Å². The van der Waals surface area contributed by atoms with Gasteiger partial charge in [0.1, 0.15) is 6.61 Å². The lowest BCUT2D eigenvalue weighted by molar-refractivity contribution is 0.309. The summed E-state index contributed by atoms with van der Waals surface area (Å²) in [4.78, 5) is 0. The minimum absolute atomic E-state index is 0.260. The number of hydrogen-bond donors (Lipinski definition) is 1. The highest BCUT2D eigenvalue weighted by Gasteiger charge is 2.14. The lowest BCUT2D eigenvalue weighted by Crippen LogP contribution is -2.16. The molecule has 1 aromatic rings. The number of ether oxygens (including phenoxy) is 1. The highest BCUT2D eigenvalue weighted by molar-refractivity contribution is 5.41. The standard InChI is InChI=1S/C10H12FNO/c1-7-2-3-9(11)10-8(7)6-12-4-5-13-10/h2-3,12H,4-6H2,1H3. The Morgan fingerprint density at radius 3 is 3.15 bits per heavy atom. The molecule has 1 heterocycles. The Morgan fingerprint density at radius 1 is 1.46 bits per heavy atom. The molecule has 0 bridgehead atoms. The average molecular weight is 181 g/mol. The van der Waals surface area contributed by atoms with E-state index in [9.17, 15) is 4.39 Å². The van der Waals surface area contributed by atoms with E-state index in [0.29, 0.717) is 18.9 Å². The molecule has 2 rings (SSSR count). The number of rotatable bonds is 0. The quantitative estimate of drug-likeness (QED) is 0.656. The van der Waals surface area contributed by atoms with E-state index in [1.54, 1.807) is 6.07 Å². The Morgan fingerprint density at radius 2 is 2.31 bits per heavy atom. The van der Waals surface area contributed by atoms with Gasteiger partial charge in [-0.2, -0.15) is 0 Å². The van der Waals surface area contributed by atoms with Crippen LogP contribution in [0.1, 0.15) is 11.1 Å². The van der Waals surface area contributed by atoms with Crippen molar-refractivity contribution in [2.75, 3.05) is 13.2 Å². The molecule has 70 valence electrons. The van der Waals surface area contributed by atoms with E-state index in [0.717, 1.165) is 17.7 Å². The molecule has 3 heteroatoms. The molecule has 1 aromatic carbocycles. The molecular weight excluding hydrogens is 169 g/mol. The smallest absolute Gasteiger partial charge is 0.165 e. The monoisotopic (exact) mass is 181 g/mol. The van der Waals surface area contributed by atoms with Crippen LogP contribution in [0.5, 0.6) is 5.75 Å². The average Bonchev–Trinajstić information content (AvgIpc) is 2.37. The van der Waals surface area contributed by atoms with Gasteiger partial charge in [-0.05, 0) is 18.6 Å². The summed E-state index contributed by atoms with van der Waals surface area (Å²) in [6, 6.07) is 3.24. The van der Waals surface area contributed by atoms with Gasteiger partial charge in [0, 0.05) is 18.7 Å². The van der Waals surface area contributed by atoms with Gasteiger partial charge >= 0.3 is 0 Å². The lowest BCUT2D eigenvalue weighted by Gasteiger charge is -2.09. The summed E-state index contributed by atoms with van der Waals surface area (Å²) in [6.07, 6.45) is 0. The van der Waals surface area contributed by atoms with Crippen LogP contribution in [0.15, 0.2) is 12.1 Å². The van der Waals surface area contributed by atoms with Crippen molar-refractivity contribution in [3.05, 3.63) is 29.1 Å². The van der Waals surface area contributed by atoms with Gasteiger partial charge in [0.2, 0.25) is 0 Å². The van der Waals surface area contributed by atoms with Gasteiger partial charge in [-0.3, -0.25) is 0 Å². The third-order valence-corrected chi connectivity index (χ3v) is 2.27. The first-order valence-electron chi connectivity index (χ1n) is 4.40. The molecule has 0 saturated heterocycles. The van der Waals surface area contributed by atoms with Crippen LogP contribution in [0.4, 0.5) is 4.39 Å². The van der Waals surface area contributed by atoms with Gasteiger partial charge in [0.15, 0.2) is 11.6 Å². The summed E-state index contributed by atoms with van der Waals surface area (Å²) in [5.74, 6) is 0.161. The first-order valence-corrected chi connectivity index (χ1v) is 4.40. The Bertz CT molecular complexity index is 294.